The first kappa shape index (κ1) is 18.9. The fourth-order valence-corrected chi connectivity index (χ4v) is 4.19. The summed E-state index contributed by atoms with van der Waals surface area (Å²) >= 11 is 6.09. The molecule has 0 aliphatic carbocycles. The Morgan fingerprint density at radius 3 is 2.32 bits per heavy atom. The molecule has 3 heterocycles. The van der Waals surface area contributed by atoms with E-state index in [4.69, 9.17) is 16.0 Å². The largest absolute Gasteiger partial charge is 0.459 e. The van der Waals surface area contributed by atoms with Crippen molar-refractivity contribution in [2.45, 2.75) is 12.8 Å². The first-order valence-electron chi connectivity index (χ1n) is 9.74. The van der Waals surface area contributed by atoms with Crippen molar-refractivity contribution in [2.75, 3.05) is 44.2 Å². The summed E-state index contributed by atoms with van der Waals surface area (Å²) in [7, 11) is 0. The van der Waals surface area contributed by atoms with Crippen molar-refractivity contribution in [1.29, 1.82) is 0 Å². The van der Waals surface area contributed by atoms with Crippen molar-refractivity contribution in [2.24, 2.45) is 5.92 Å². The first-order chi connectivity index (χ1) is 13.6. The molecule has 2 amide bonds. The lowest BCUT2D eigenvalue weighted by atomic mass is 9.94. The van der Waals surface area contributed by atoms with Gasteiger partial charge in [0, 0.05) is 55.9 Å². The van der Waals surface area contributed by atoms with Crippen molar-refractivity contribution < 1.29 is 14.0 Å². The number of benzene rings is 1. The molecule has 0 atom stereocenters. The van der Waals surface area contributed by atoms with Gasteiger partial charge in [0.05, 0.1) is 6.26 Å². The van der Waals surface area contributed by atoms with E-state index in [9.17, 15) is 9.59 Å². The maximum atomic E-state index is 12.9. The zero-order chi connectivity index (χ0) is 19.5. The van der Waals surface area contributed by atoms with Crippen LogP contribution in [0.4, 0.5) is 5.69 Å². The first-order valence-corrected chi connectivity index (χ1v) is 10.1. The van der Waals surface area contributed by atoms with Crippen molar-refractivity contribution in [3.8, 4) is 0 Å². The van der Waals surface area contributed by atoms with Crippen LogP contribution in [0.5, 0.6) is 0 Å². The lowest BCUT2D eigenvalue weighted by Crippen LogP contribution is -2.52. The third-order valence-corrected chi connectivity index (χ3v) is 5.86. The predicted molar refractivity (Wildman–Crippen MR) is 108 cm³/mol. The number of carbonyl (C=O) groups is 2. The van der Waals surface area contributed by atoms with Gasteiger partial charge >= 0.3 is 0 Å². The van der Waals surface area contributed by atoms with E-state index < -0.39 is 0 Å². The second kappa shape index (κ2) is 8.27. The van der Waals surface area contributed by atoms with Crippen LogP contribution < -0.4 is 4.90 Å². The van der Waals surface area contributed by atoms with Crippen LogP contribution in [0.1, 0.15) is 23.4 Å². The molecule has 0 unspecified atom stereocenters. The summed E-state index contributed by atoms with van der Waals surface area (Å²) in [5.74, 6) is 0.488. The van der Waals surface area contributed by atoms with Gasteiger partial charge < -0.3 is 19.1 Å². The van der Waals surface area contributed by atoms with Gasteiger partial charge in [-0.2, -0.15) is 0 Å². The van der Waals surface area contributed by atoms with Gasteiger partial charge in [-0.05, 0) is 43.2 Å². The molecule has 2 aliphatic heterocycles. The maximum absolute atomic E-state index is 12.9. The fourth-order valence-electron chi connectivity index (χ4n) is 4.00. The fraction of sp³-hybridized carbons (Fsp3) is 0.429. The number of piperazine rings is 1. The molecule has 0 spiro atoms. The summed E-state index contributed by atoms with van der Waals surface area (Å²) in [6.07, 6.45) is 2.92. The van der Waals surface area contributed by atoms with Gasteiger partial charge in [0.1, 0.15) is 0 Å². The molecule has 7 heteroatoms. The molecule has 28 heavy (non-hydrogen) atoms. The standard InChI is InChI=1S/C21H24ClN3O3/c22-17-3-1-4-18(15-17)23-10-12-25(13-11-23)20(26)16-6-8-24(9-7-16)21(27)19-5-2-14-28-19/h1-5,14-16H,6-13H2. The van der Waals surface area contributed by atoms with Crippen molar-refractivity contribution >= 4 is 29.1 Å². The number of amides is 2. The van der Waals surface area contributed by atoms with Gasteiger partial charge in [-0.15, -0.1) is 0 Å². The van der Waals surface area contributed by atoms with E-state index in [2.05, 4.69) is 11.0 Å². The summed E-state index contributed by atoms with van der Waals surface area (Å²) < 4.78 is 5.19. The monoisotopic (exact) mass is 401 g/mol. The Labute approximate surface area is 169 Å². The molecule has 4 rings (SSSR count). The van der Waals surface area contributed by atoms with Crippen molar-refractivity contribution in [3.63, 3.8) is 0 Å². The highest BCUT2D eigenvalue weighted by molar-refractivity contribution is 6.30. The minimum atomic E-state index is -0.0916. The van der Waals surface area contributed by atoms with Crippen LogP contribution >= 0.6 is 11.6 Å². The quantitative estimate of drug-likeness (QED) is 0.792. The molecule has 0 radical (unpaired) electrons. The molecule has 2 aliphatic rings. The Bertz CT molecular complexity index is 823. The predicted octanol–water partition coefficient (Wildman–Crippen LogP) is 3.13. The third-order valence-electron chi connectivity index (χ3n) is 5.63. The summed E-state index contributed by atoms with van der Waals surface area (Å²) in [6.45, 7) is 4.24. The Balaban J connectivity index is 1.27. The number of rotatable bonds is 3. The average Bonchev–Trinajstić information content (AvgIpc) is 3.28. The van der Waals surface area contributed by atoms with Crippen LogP contribution in [0.3, 0.4) is 0 Å². The highest BCUT2D eigenvalue weighted by atomic mass is 35.5. The molecular formula is C21H24ClN3O3. The third kappa shape index (κ3) is 4.02. The van der Waals surface area contributed by atoms with E-state index in [1.807, 2.05) is 23.1 Å². The highest BCUT2D eigenvalue weighted by Crippen LogP contribution is 2.24. The van der Waals surface area contributed by atoms with Crippen LogP contribution in [-0.4, -0.2) is 60.9 Å². The number of hydrogen-bond donors (Lipinski definition) is 0. The van der Waals surface area contributed by atoms with Crippen LogP contribution in [0, 0.1) is 5.92 Å². The zero-order valence-corrected chi connectivity index (χ0v) is 16.5. The summed E-state index contributed by atoms with van der Waals surface area (Å²) in [5.41, 5.74) is 1.10. The lowest BCUT2D eigenvalue weighted by molar-refractivity contribution is -0.137. The lowest BCUT2D eigenvalue weighted by Gasteiger charge is -2.39. The molecule has 2 fully saturated rings. The Hall–Kier alpha value is -2.47. The van der Waals surface area contributed by atoms with Crippen LogP contribution in [0.2, 0.25) is 5.02 Å². The molecule has 0 saturated carbocycles. The number of nitrogens with zero attached hydrogens (tertiary/aromatic N) is 3. The number of furan rings is 1. The number of hydrogen-bond acceptors (Lipinski definition) is 4. The molecule has 148 valence electrons. The zero-order valence-electron chi connectivity index (χ0n) is 15.7. The van der Waals surface area contributed by atoms with Crippen molar-refractivity contribution in [1.82, 2.24) is 9.80 Å². The van der Waals surface area contributed by atoms with Crippen molar-refractivity contribution in [3.05, 3.63) is 53.4 Å². The molecular weight excluding hydrogens is 378 g/mol. The average molecular weight is 402 g/mol. The number of carbonyl (C=O) groups excluding carboxylic acids is 2. The molecule has 2 aromatic rings. The second-order valence-electron chi connectivity index (χ2n) is 7.34. The van der Waals surface area contributed by atoms with Gasteiger partial charge in [-0.1, -0.05) is 17.7 Å². The van der Waals surface area contributed by atoms with Gasteiger partial charge in [-0.3, -0.25) is 9.59 Å². The molecule has 0 N–H and O–H groups in total. The number of piperidine rings is 1. The highest BCUT2D eigenvalue weighted by Gasteiger charge is 2.32. The van der Waals surface area contributed by atoms with E-state index in [1.54, 1.807) is 17.0 Å². The van der Waals surface area contributed by atoms with Gasteiger partial charge in [0.2, 0.25) is 5.91 Å². The van der Waals surface area contributed by atoms with E-state index in [0.717, 1.165) is 36.9 Å². The van der Waals surface area contributed by atoms with Crippen LogP contribution in [-0.2, 0) is 4.79 Å². The summed E-state index contributed by atoms with van der Waals surface area (Å²) in [6, 6.07) is 11.2. The molecule has 2 saturated heterocycles. The smallest absolute Gasteiger partial charge is 0.289 e. The Morgan fingerprint density at radius 1 is 0.929 bits per heavy atom. The SMILES string of the molecule is O=C(c1ccco1)N1CCC(C(=O)N2CCN(c3cccc(Cl)c3)CC2)CC1. The molecule has 0 bridgehead atoms. The van der Waals surface area contributed by atoms with E-state index in [-0.39, 0.29) is 17.7 Å². The Kier molecular flexibility index (Phi) is 5.57. The van der Waals surface area contributed by atoms with E-state index >= 15 is 0 Å². The molecule has 6 nitrogen and oxygen atoms in total. The van der Waals surface area contributed by atoms with Crippen LogP contribution in [0.15, 0.2) is 47.1 Å². The van der Waals surface area contributed by atoms with E-state index in [0.29, 0.717) is 31.7 Å². The summed E-state index contributed by atoms with van der Waals surface area (Å²) in [4.78, 5) is 31.3. The minimum absolute atomic E-state index is 0.00151. The minimum Gasteiger partial charge on any atom is -0.459 e. The second-order valence-corrected chi connectivity index (χ2v) is 7.77. The van der Waals surface area contributed by atoms with Gasteiger partial charge in [0.25, 0.3) is 5.91 Å². The van der Waals surface area contributed by atoms with Crippen LogP contribution in [0.25, 0.3) is 0 Å². The van der Waals surface area contributed by atoms with Gasteiger partial charge in [-0.25, -0.2) is 0 Å². The van der Waals surface area contributed by atoms with Gasteiger partial charge in [0.15, 0.2) is 5.76 Å². The molecule has 1 aromatic carbocycles. The number of halogens is 1. The Morgan fingerprint density at radius 2 is 1.68 bits per heavy atom. The van der Waals surface area contributed by atoms with E-state index in [1.165, 1.54) is 6.26 Å². The number of likely N-dealkylation sites (tertiary alicyclic amines) is 1. The summed E-state index contributed by atoms with van der Waals surface area (Å²) in [5, 5.41) is 0.729. The normalized spacial score (nSPS) is 18.4. The molecule has 1 aromatic heterocycles. The topological polar surface area (TPSA) is 57.0 Å². The number of anilines is 1. The maximum Gasteiger partial charge on any atom is 0.289 e.